The van der Waals surface area contributed by atoms with Gasteiger partial charge in [0.25, 0.3) is 0 Å². The zero-order valence-corrected chi connectivity index (χ0v) is 18.3. The first-order chi connectivity index (χ1) is 14.1. The maximum absolute atomic E-state index is 6.03. The van der Waals surface area contributed by atoms with E-state index in [0.717, 1.165) is 56.2 Å². The van der Waals surface area contributed by atoms with Crippen LogP contribution in [0.5, 0.6) is 5.75 Å². The molecule has 2 aromatic rings. The van der Waals surface area contributed by atoms with Gasteiger partial charge in [-0.05, 0) is 45.2 Å². The van der Waals surface area contributed by atoms with Crippen molar-refractivity contribution in [3.05, 3.63) is 41.0 Å². The van der Waals surface area contributed by atoms with E-state index in [2.05, 4.69) is 59.7 Å². The first-order valence-electron chi connectivity index (χ1n) is 10.7. The van der Waals surface area contributed by atoms with E-state index in [1.54, 1.807) is 0 Å². The molecule has 0 amide bonds. The Balaban J connectivity index is 1.89. The Hall–Kier alpha value is -2.57. The molecule has 2 rings (SSSR count). The number of rotatable bonds is 12. The van der Waals surface area contributed by atoms with Crippen molar-refractivity contribution in [2.75, 3.05) is 19.7 Å². The minimum absolute atomic E-state index is 0.571. The van der Waals surface area contributed by atoms with Crippen LogP contribution in [0.15, 0.2) is 27.7 Å². The summed E-state index contributed by atoms with van der Waals surface area (Å²) in [7, 11) is 0. The van der Waals surface area contributed by atoms with Gasteiger partial charge in [0.2, 0.25) is 5.89 Å². The van der Waals surface area contributed by atoms with E-state index in [-0.39, 0.29) is 0 Å². The molecule has 160 valence electrons. The minimum atomic E-state index is 0.571. The van der Waals surface area contributed by atoms with Gasteiger partial charge in [-0.1, -0.05) is 37.1 Å². The number of hydrogen-bond donors (Lipinski definition) is 2. The average Bonchev–Trinajstić information content (AvgIpc) is 3.12. The number of nitrogens with one attached hydrogen (secondary N) is 2. The van der Waals surface area contributed by atoms with Crippen molar-refractivity contribution in [2.45, 2.75) is 66.3 Å². The Bertz CT molecular complexity index is 757. The van der Waals surface area contributed by atoms with Crippen molar-refractivity contribution < 1.29 is 9.26 Å². The molecule has 0 aliphatic heterocycles. The summed E-state index contributed by atoms with van der Waals surface area (Å²) >= 11 is 0. The largest absolute Gasteiger partial charge is 0.493 e. The number of benzene rings is 1. The SMILES string of the molecule is CCCCCOc1cc(C)ccc1CN=C(NCC)NCCCc1nc(C)no1. The van der Waals surface area contributed by atoms with E-state index >= 15 is 0 Å². The number of aliphatic imine (C=N–C) groups is 1. The molecule has 0 atom stereocenters. The van der Waals surface area contributed by atoms with Crippen molar-refractivity contribution in [3.63, 3.8) is 0 Å². The molecule has 0 radical (unpaired) electrons. The number of ether oxygens (including phenoxy) is 1. The van der Waals surface area contributed by atoms with Crippen molar-refractivity contribution >= 4 is 5.96 Å². The van der Waals surface area contributed by atoms with Crippen LogP contribution < -0.4 is 15.4 Å². The number of aromatic nitrogens is 2. The fraction of sp³-hybridized carbons (Fsp3) is 0.591. The number of guanidine groups is 1. The Labute approximate surface area is 174 Å². The van der Waals surface area contributed by atoms with Gasteiger partial charge in [-0.25, -0.2) is 4.99 Å². The Morgan fingerprint density at radius 1 is 1.14 bits per heavy atom. The van der Waals surface area contributed by atoms with Gasteiger partial charge in [0.05, 0.1) is 13.2 Å². The Kier molecular flexibility index (Phi) is 10.0. The van der Waals surface area contributed by atoms with Gasteiger partial charge in [-0.2, -0.15) is 4.98 Å². The number of aryl methyl sites for hydroxylation is 3. The highest BCUT2D eigenvalue weighted by Gasteiger charge is 2.06. The third-order valence-corrected chi connectivity index (χ3v) is 4.41. The van der Waals surface area contributed by atoms with Crippen LogP contribution in [0, 0.1) is 13.8 Å². The molecule has 0 bridgehead atoms. The maximum atomic E-state index is 6.03. The van der Waals surface area contributed by atoms with Crippen LogP contribution in [0.25, 0.3) is 0 Å². The quantitative estimate of drug-likeness (QED) is 0.318. The van der Waals surface area contributed by atoms with Crippen molar-refractivity contribution in [2.24, 2.45) is 4.99 Å². The molecule has 29 heavy (non-hydrogen) atoms. The molecule has 1 heterocycles. The first kappa shape index (κ1) is 22.7. The van der Waals surface area contributed by atoms with Crippen molar-refractivity contribution in [1.82, 2.24) is 20.8 Å². The molecule has 1 aromatic carbocycles. The topological polar surface area (TPSA) is 84.6 Å². The highest BCUT2D eigenvalue weighted by Crippen LogP contribution is 2.21. The second-order valence-electron chi connectivity index (χ2n) is 7.13. The Morgan fingerprint density at radius 3 is 2.72 bits per heavy atom. The lowest BCUT2D eigenvalue weighted by molar-refractivity contribution is 0.303. The van der Waals surface area contributed by atoms with Gasteiger partial charge in [0, 0.05) is 25.1 Å². The normalized spacial score (nSPS) is 11.5. The molecule has 7 heteroatoms. The number of hydrogen-bond acceptors (Lipinski definition) is 5. The fourth-order valence-corrected chi connectivity index (χ4v) is 2.85. The summed E-state index contributed by atoms with van der Waals surface area (Å²) in [5.41, 5.74) is 2.30. The van der Waals surface area contributed by atoms with Crippen LogP contribution in [0.2, 0.25) is 0 Å². The lowest BCUT2D eigenvalue weighted by Crippen LogP contribution is -2.37. The predicted octanol–water partition coefficient (Wildman–Crippen LogP) is 3.94. The van der Waals surface area contributed by atoms with Crippen molar-refractivity contribution in [1.29, 1.82) is 0 Å². The lowest BCUT2D eigenvalue weighted by atomic mass is 10.1. The van der Waals surface area contributed by atoms with Gasteiger partial charge < -0.3 is 19.9 Å². The van der Waals surface area contributed by atoms with Crippen LogP contribution in [0.4, 0.5) is 0 Å². The molecular weight excluding hydrogens is 366 g/mol. The average molecular weight is 402 g/mol. The van der Waals surface area contributed by atoms with Gasteiger partial charge in [-0.3, -0.25) is 0 Å². The zero-order valence-electron chi connectivity index (χ0n) is 18.3. The summed E-state index contributed by atoms with van der Waals surface area (Å²) in [6.07, 6.45) is 5.11. The molecule has 0 aliphatic rings. The molecule has 1 aromatic heterocycles. The smallest absolute Gasteiger partial charge is 0.226 e. The fourth-order valence-electron chi connectivity index (χ4n) is 2.85. The second kappa shape index (κ2) is 12.8. The standard InChI is InChI=1S/C22H35N5O2/c1-5-7-8-14-28-20-15-17(3)11-12-19(20)16-25-22(23-6-2)24-13-9-10-21-26-18(4)27-29-21/h11-12,15H,5-10,13-14,16H2,1-4H3,(H2,23,24,25). The van der Waals surface area contributed by atoms with Crippen LogP contribution >= 0.6 is 0 Å². The molecular formula is C22H35N5O2. The second-order valence-corrected chi connectivity index (χ2v) is 7.13. The van der Waals surface area contributed by atoms with Crippen LogP contribution in [-0.4, -0.2) is 35.8 Å². The maximum Gasteiger partial charge on any atom is 0.226 e. The molecule has 0 unspecified atom stereocenters. The molecule has 7 nitrogen and oxygen atoms in total. The van der Waals surface area contributed by atoms with Gasteiger partial charge in [0.15, 0.2) is 11.8 Å². The van der Waals surface area contributed by atoms with Crippen LogP contribution in [0.1, 0.15) is 62.4 Å². The zero-order chi connectivity index (χ0) is 20.9. The lowest BCUT2D eigenvalue weighted by Gasteiger charge is -2.13. The molecule has 0 spiro atoms. The predicted molar refractivity (Wildman–Crippen MR) is 116 cm³/mol. The summed E-state index contributed by atoms with van der Waals surface area (Å²) in [6, 6.07) is 6.31. The van der Waals surface area contributed by atoms with E-state index in [9.17, 15) is 0 Å². The van der Waals surface area contributed by atoms with E-state index in [1.165, 1.54) is 18.4 Å². The highest BCUT2D eigenvalue weighted by atomic mass is 16.5. The summed E-state index contributed by atoms with van der Waals surface area (Å²) in [5, 5.41) is 10.5. The first-order valence-corrected chi connectivity index (χ1v) is 10.7. The highest BCUT2D eigenvalue weighted by molar-refractivity contribution is 5.79. The summed E-state index contributed by atoms with van der Waals surface area (Å²) in [6.45, 7) is 11.1. The van der Waals surface area contributed by atoms with E-state index < -0.39 is 0 Å². The molecule has 0 aliphatic carbocycles. The Morgan fingerprint density at radius 2 is 2.00 bits per heavy atom. The summed E-state index contributed by atoms with van der Waals surface area (Å²) < 4.78 is 11.2. The van der Waals surface area contributed by atoms with Crippen LogP contribution in [-0.2, 0) is 13.0 Å². The van der Waals surface area contributed by atoms with Gasteiger partial charge in [0.1, 0.15) is 5.75 Å². The number of nitrogens with zero attached hydrogens (tertiary/aromatic N) is 3. The van der Waals surface area contributed by atoms with Gasteiger partial charge >= 0.3 is 0 Å². The molecule has 0 saturated carbocycles. The number of unbranched alkanes of at least 4 members (excludes halogenated alkanes) is 2. The van der Waals surface area contributed by atoms with Crippen molar-refractivity contribution in [3.8, 4) is 5.75 Å². The van der Waals surface area contributed by atoms with Crippen LogP contribution in [0.3, 0.4) is 0 Å². The monoisotopic (exact) mass is 401 g/mol. The minimum Gasteiger partial charge on any atom is -0.493 e. The van der Waals surface area contributed by atoms with Gasteiger partial charge in [-0.15, -0.1) is 0 Å². The summed E-state index contributed by atoms with van der Waals surface area (Å²) in [5.74, 6) is 3.09. The van der Waals surface area contributed by atoms with E-state index in [4.69, 9.17) is 14.3 Å². The molecule has 2 N–H and O–H groups in total. The third-order valence-electron chi connectivity index (χ3n) is 4.41. The summed E-state index contributed by atoms with van der Waals surface area (Å²) in [4.78, 5) is 8.96. The van der Waals surface area contributed by atoms with E-state index in [1.807, 2.05) is 6.92 Å². The molecule has 0 fully saturated rings. The molecule has 0 saturated heterocycles. The third kappa shape index (κ3) is 8.54. The van der Waals surface area contributed by atoms with E-state index in [0.29, 0.717) is 18.3 Å².